The smallest absolute Gasteiger partial charge is 0.399 e. The number of nitrogens with zero attached hydrogens (tertiary/aromatic N) is 1. The first kappa shape index (κ1) is 20.8. The SMILES string of the molecule is CC1(C)c2ccccc2-c2c1c1ccccc1n2-c1cccc(B2OC(C)(C)C(C)(C)O2)c1. The highest BCUT2D eigenvalue weighted by molar-refractivity contribution is 6.62. The fourth-order valence-corrected chi connectivity index (χ4v) is 5.55. The molecule has 1 aromatic heterocycles. The van der Waals surface area contributed by atoms with E-state index in [9.17, 15) is 0 Å². The minimum atomic E-state index is -0.381. The van der Waals surface area contributed by atoms with E-state index in [0.29, 0.717) is 0 Å². The van der Waals surface area contributed by atoms with Crippen molar-refractivity contribution in [3.63, 3.8) is 0 Å². The molecule has 0 spiro atoms. The quantitative estimate of drug-likeness (QED) is 0.348. The van der Waals surface area contributed by atoms with Crippen LogP contribution in [0.4, 0.5) is 0 Å². The molecule has 1 aliphatic heterocycles. The molecular weight excluding hydrogens is 405 g/mol. The maximum atomic E-state index is 6.36. The summed E-state index contributed by atoms with van der Waals surface area (Å²) in [5.74, 6) is 0. The largest absolute Gasteiger partial charge is 0.494 e. The fraction of sp³-hybridized carbons (Fsp3) is 0.310. The standard InChI is InChI=1S/C29H30BNO2/c1-27(2)23-16-9-7-14-21(23)26-25(27)22-15-8-10-17-24(22)31(26)20-13-11-12-19(18-20)30-32-28(3,4)29(5,6)33-30/h7-18H,1-6H3. The van der Waals surface area contributed by atoms with Crippen LogP contribution >= 0.6 is 0 Å². The number of hydrogen-bond acceptors (Lipinski definition) is 2. The van der Waals surface area contributed by atoms with Gasteiger partial charge in [0, 0.05) is 22.1 Å². The summed E-state index contributed by atoms with van der Waals surface area (Å²) in [7, 11) is -0.381. The minimum Gasteiger partial charge on any atom is -0.399 e. The van der Waals surface area contributed by atoms with Crippen LogP contribution in [0.5, 0.6) is 0 Å². The molecule has 3 nitrogen and oxygen atoms in total. The molecule has 1 aliphatic carbocycles. The van der Waals surface area contributed by atoms with E-state index in [1.54, 1.807) is 0 Å². The van der Waals surface area contributed by atoms with Gasteiger partial charge in [-0.1, -0.05) is 68.4 Å². The van der Waals surface area contributed by atoms with Crippen molar-refractivity contribution in [1.29, 1.82) is 0 Å². The lowest BCUT2D eigenvalue weighted by molar-refractivity contribution is 0.00578. The summed E-state index contributed by atoms with van der Waals surface area (Å²) in [6.07, 6.45) is 0. The van der Waals surface area contributed by atoms with Gasteiger partial charge < -0.3 is 13.9 Å². The van der Waals surface area contributed by atoms with E-state index >= 15 is 0 Å². The Bertz CT molecular complexity index is 1400. The molecule has 0 amide bonds. The molecule has 2 aliphatic rings. The van der Waals surface area contributed by atoms with Gasteiger partial charge in [-0.2, -0.15) is 0 Å². The molecule has 4 heteroatoms. The molecule has 0 saturated carbocycles. The van der Waals surface area contributed by atoms with Crippen LogP contribution in [0, 0.1) is 0 Å². The summed E-state index contributed by atoms with van der Waals surface area (Å²) in [6, 6.07) is 26.2. The molecule has 1 saturated heterocycles. The van der Waals surface area contributed by atoms with Crippen molar-refractivity contribution in [3.05, 3.63) is 83.9 Å². The van der Waals surface area contributed by atoms with E-state index in [4.69, 9.17) is 9.31 Å². The second-order valence-corrected chi connectivity index (χ2v) is 10.9. The average Bonchev–Trinajstić information content (AvgIpc) is 3.33. The van der Waals surface area contributed by atoms with Gasteiger partial charge in [-0.3, -0.25) is 0 Å². The summed E-state index contributed by atoms with van der Waals surface area (Å²) in [5, 5.41) is 1.31. The van der Waals surface area contributed by atoms with Crippen LogP contribution in [0.2, 0.25) is 0 Å². The molecular formula is C29H30BNO2. The number of benzene rings is 3. The van der Waals surface area contributed by atoms with Gasteiger partial charge in [-0.25, -0.2) is 0 Å². The second kappa shape index (κ2) is 6.62. The molecule has 6 rings (SSSR count). The summed E-state index contributed by atoms with van der Waals surface area (Å²) in [6.45, 7) is 13.1. The summed E-state index contributed by atoms with van der Waals surface area (Å²) in [5.41, 5.74) is 8.02. The van der Waals surface area contributed by atoms with Gasteiger partial charge in [0.2, 0.25) is 0 Å². The highest BCUT2D eigenvalue weighted by Crippen LogP contribution is 2.53. The molecule has 1 fully saturated rings. The van der Waals surface area contributed by atoms with Gasteiger partial charge >= 0.3 is 7.12 Å². The summed E-state index contributed by atoms with van der Waals surface area (Å²) < 4.78 is 15.1. The third-order valence-corrected chi connectivity index (χ3v) is 8.01. The maximum absolute atomic E-state index is 6.36. The molecule has 3 aromatic carbocycles. The van der Waals surface area contributed by atoms with Crippen molar-refractivity contribution in [1.82, 2.24) is 4.57 Å². The third-order valence-electron chi connectivity index (χ3n) is 8.01. The van der Waals surface area contributed by atoms with Crippen LogP contribution in [0.1, 0.15) is 52.7 Å². The van der Waals surface area contributed by atoms with Crippen LogP contribution in [0.25, 0.3) is 27.8 Å². The minimum absolute atomic E-state index is 0.0554. The lowest BCUT2D eigenvalue weighted by Crippen LogP contribution is -2.41. The van der Waals surface area contributed by atoms with Crippen molar-refractivity contribution >= 4 is 23.5 Å². The predicted molar refractivity (Wildman–Crippen MR) is 137 cm³/mol. The van der Waals surface area contributed by atoms with E-state index in [-0.39, 0.29) is 23.7 Å². The number of hydrogen-bond donors (Lipinski definition) is 0. The highest BCUT2D eigenvalue weighted by atomic mass is 16.7. The Kier molecular flexibility index (Phi) is 4.17. The van der Waals surface area contributed by atoms with Gasteiger partial charge in [0.05, 0.1) is 22.4 Å². The number of aromatic nitrogens is 1. The van der Waals surface area contributed by atoms with Gasteiger partial charge in [0.15, 0.2) is 0 Å². The number of para-hydroxylation sites is 1. The van der Waals surface area contributed by atoms with E-state index in [1.807, 2.05) is 0 Å². The van der Waals surface area contributed by atoms with Gasteiger partial charge in [-0.15, -0.1) is 0 Å². The lowest BCUT2D eigenvalue weighted by Gasteiger charge is -2.32. The van der Waals surface area contributed by atoms with Crippen molar-refractivity contribution in [2.24, 2.45) is 0 Å². The topological polar surface area (TPSA) is 23.4 Å². The van der Waals surface area contributed by atoms with Crippen LogP contribution in [0.15, 0.2) is 72.8 Å². The van der Waals surface area contributed by atoms with Crippen LogP contribution < -0.4 is 5.46 Å². The molecule has 0 atom stereocenters. The van der Waals surface area contributed by atoms with E-state index < -0.39 is 0 Å². The summed E-state index contributed by atoms with van der Waals surface area (Å²) in [4.78, 5) is 0. The number of rotatable bonds is 2. The predicted octanol–water partition coefficient (Wildman–Crippen LogP) is 6.24. The molecule has 0 radical (unpaired) electrons. The molecule has 0 N–H and O–H groups in total. The molecule has 0 unspecified atom stereocenters. The molecule has 0 bridgehead atoms. The normalized spacial score (nSPS) is 19.6. The molecule has 33 heavy (non-hydrogen) atoms. The Morgan fingerprint density at radius 3 is 2.15 bits per heavy atom. The van der Waals surface area contributed by atoms with Gasteiger partial charge in [0.1, 0.15) is 0 Å². The summed E-state index contributed by atoms with van der Waals surface area (Å²) >= 11 is 0. The Morgan fingerprint density at radius 2 is 1.39 bits per heavy atom. The van der Waals surface area contributed by atoms with E-state index in [1.165, 1.54) is 33.3 Å². The number of fused-ring (bicyclic) bond motifs is 5. The Hall–Kier alpha value is -2.82. The van der Waals surface area contributed by atoms with Crippen molar-refractivity contribution < 1.29 is 9.31 Å². The van der Waals surface area contributed by atoms with Gasteiger partial charge in [0.25, 0.3) is 0 Å². The zero-order chi connectivity index (χ0) is 23.2. The van der Waals surface area contributed by atoms with Crippen molar-refractivity contribution in [2.75, 3.05) is 0 Å². The molecule has 2 heterocycles. The van der Waals surface area contributed by atoms with Gasteiger partial charge in [-0.05, 0) is 62.5 Å². The Labute approximate surface area is 196 Å². The van der Waals surface area contributed by atoms with Crippen molar-refractivity contribution in [3.8, 4) is 16.9 Å². The van der Waals surface area contributed by atoms with Crippen LogP contribution in [-0.4, -0.2) is 22.9 Å². The highest BCUT2D eigenvalue weighted by Gasteiger charge is 2.51. The van der Waals surface area contributed by atoms with Crippen LogP contribution in [-0.2, 0) is 14.7 Å². The first-order valence-corrected chi connectivity index (χ1v) is 11.8. The van der Waals surface area contributed by atoms with E-state index in [2.05, 4.69) is 119 Å². The third kappa shape index (κ3) is 2.77. The zero-order valence-corrected chi connectivity index (χ0v) is 20.3. The Balaban J connectivity index is 1.58. The first-order valence-electron chi connectivity index (χ1n) is 11.8. The lowest BCUT2D eigenvalue weighted by atomic mass is 9.79. The van der Waals surface area contributed by atoms with E-state index in [0.717, 1.165) is 11.2 Å². The fourth-order valence-electron chi connectivity index (χ4n) is 5.55. The zero-order valence-electron chi connectivity index (χ0n) is 20.3. The average molecular weight is 435 g/mol. The second-order valence-electron chi connectivity index (χ2n) is 10.9. The Morgan fingerprint density at radius 1 is 0.727 bits per heavy atom. The first-order chi connectivity index (χ1) is 15.6. The van der Waals surface area contributed by atoms with Crippen LogP contribution in [0.3, 0.4) is 0 Å². The van der Waals surface area contributed by atoms with Crippen molar-refractivity contribution in [2.45, 2.75) is 58.2 Å². The monoisotopic (exact) mass is 435 g/mol. The maximum Gasteiger partial charge on any atom is 0.494 e. The molecule has 166 valence electrons. The molecule has 4 aromatic rings.